The first-order chi connectivity index (χ1) is 13.1. The van der Waals surface area contributed by atoms with Crippen molar-refractivity contribution in [3.63, 3.8) is 0 Å². The van der Waals surface area contributed by atoms with Crippen LogP contribution in [0.25, 0.3) is 11.4 Å². The van der Waals surface area contributed by atoms with Gasteiger partial charge < -0.3 is 9.42 Å². The highest BCUT2D eigenvalue weighted by Gasteiger charge is 2.29. The Labute approximate surface area is 159 Å². The summed E-state index contributed by atoms with van der Waals surface area (Å²) >= 11 is 0. The molecule has 0 aliphatic carbocycles. The Morgan fingerprint density at radius 3 is 2.70 bits per heavy atom. The van der Waals surface area contributed by atoms with Crippen molar-refractivity contribution < 1.29 is 9.32 Å². The number of piperidine rings is 1. The summed E-state index contributed by atoms with van der Waals surface area (Å²) < 4.78 is 5.55. The zero-order chi connectivity index (χ0) is 18.8. The maximum absolute atomic E-state index is 12.8. The maximum atomic E-state index is 12.8. The number of aromatic nitrogens is 2. The molecular weight excluding hydrogens is 338 g/mol. The third kappa shape index (κ3) is 3.77. The number of aryl methyl sites for hydroxylation is 2. The second kappa shape index (κ2) is 7.35. The lowest BCUT2D eigenvalue weighted by molar-refractivity contribution is 0.0695. The van der Waals surface area contributed by atoms with E-state index in [1.54, 1.807) is 0 Å². The number of carbonyl (C=O) groups is 1. The van der Waals surface area contributed by atoms with Crippen molar-refractivity contribution in [3.05, 3.63) is 71.1 Å². The van der Waals surface area contributed by atoms with Gasteiger partial charge in [0.2, 0.25) is 11.7 Å². The first kappa shape index (κ1) is 17.5. The molecule has 0 radical (unpaired) electrons. The summed E-state index contributed by atoms with van der Waals surface area (Å²) in [5.41, 5.74) is 3.99. The monoisotopic (exact) mass is 361 g/mol. The predicted molar refractivity (Wildman–Crippen MR) is 104 cm³/mol. The van der Waals surface area contributed by atoms with Crippen LogP contribution in [0.5, 0.6) is 0 Å². The molecule has 1 atom stereocenters. The van der Waals surface area contributed by atoms with Crippen molar-refractivity contribution in [3.8, 4) is 11.4 Å². The normalized spacial score (nSPS) is 17.1. The molecule has 2 aromatic carbocycles. The molecule has 4 rings (SSSR count). The van der Waals surface area contributed by atoms with E-state index >= 15 is 0 Å². The molecule has 27 heavy (non-hydrogen) atoms. The summed E-state index contributed by atoms with van der Waals surface area (Å²) in [6.07, 6.45) is 1.89. The molecule has 5 heteroatoms. The number of rotatable bonds is 3. The number of nitrogens with zero attached hydrogens (tertiary/aromatic N) is 3. The molecule has 138 valence electrons. The molecule has 1 fully saturated rings. The molecule has 1 saturated heterocycles. The summed E-state index contributed by atoms with van der Waals surface area (Å²) in [7, 11) is 0. The Hall–Kier alpha value is -2.95. The van der Waals surface area contributed by atoms with Gasteiger partial charge in [-0.2, -0.15) is 4.98 Å². The van der Waals surface area contributed by atoms with Gasteiger partial charge in [0.25, 0.3) is 5.91 Å². The van der Waals surface area contributed by atoms with E-state index in [4.69, 9.17) is 4.52 Å². The van der Waals surface area contributed by atoms with E-state index < -0.39 is 0 Å². The quantitative estimate of drug-likeness (QED) is 0.695. The molecule has 1 amide bonds. The van der Waals surface area contributed by atoms with Gasteiger partial charge in [-0.1, -0.05) is 46.6 Å². The minimum absolute atomic E-state index is 0.0677. The van der Waals surface area contributed by atoms with Crippen LogP contribution in [0.1, 0.15) is 46.1 Å². The van der Waals surface area contributed by atoms with Crippen LogP contribution in [-0.2, 0) is 0 Å². The average Bonchev–Trinajstić information content (AvgIpc) is 3.18. The van der Waals surface area contributed by atoms with E-state index in [2.05, 4.69) is 10.1 Å². The molecular formula is C22H23N3O2. The molecule has 3 aromatic rings. The van der Waals surface area contributed by atoms with Crippen LogP contribution < -0.4 is 0 Å². The highest BCUT2D eigenvalue weighted by molar-refractivity contribution is 5.94. The molecule has 1 aliphatic rings. The molecule has 5 nitrogen and oxygen atoms in total. The van der Waals surface area contributed by atoms with Gasteiger partial charge in [0, 0.05) is 24.2 Å². The SMILES string of the molecule is Cc1ccc(C(=O)N2CCCC(c3nc(-c4cccc(C)c4)no3)C2)cc1. The van der Waals surface area contributed by atoms with Crippen molar-refractivity contribution in [2.24, 2.45) is 0 Å². The van der Waals surface area contributed by atoms with Gasteiger partial charge in [-0.15, -0.1) is 0 Å². The van der Waals surface area contributed by atoms with E-state index in [1.165, 1.54) is 0 Å². The van der Waals surface area contributed by atoms with Crippen molar-refractivity contribution in [1.82, 2.24) is 15.0 Å². The molecule has 2 heterocycles. The van der Waals surface area contributed by atoms with Crippen molar-refractivity contribution in [1.29, 1.82) is 0 Å². The molecule has 1 aliphatic heterocycles. The van der Waals surface area contributed by atoms with Gasteiger partial charge in [0.15, 0.2) is 0 Å². The lowest BCUT2D eigenvalue weighted by atomic mass is 9.97. The third-order valence-electron chi connectivity index (χ3n) is 5.07. The van der Waals surface area contributed by atoms with Gasteiger partial charge in [-0.3, -0.25) is 4.79 Å². The largest absolute Gasteiger partial charge is 0.339 e. The summed E-state index contributed by atoms with van der Waals surface area (Å²) in [5, 5.41) is 4.15. The van der Waals surface area contributed by atoms with Crippen LogP contribution in [0, 0.1) is 13.8 Å². The minimum atomic E-state index is 0.0677. The summed E-state index contributed by atoms with van der Waals surface area (Å²) in [6.45, 7) is 5.44. The van der Waals surface area contributed by atoms with Gasteiger partial charge in [-0.05, 0) is 44.9 Å². The Bertz CT molecular complexity index is 946. The van der Waals surface area contributed by atoms with E-state index in [1.807, 2.05) is 67.3 Å². The second-order valence-electron chi connectivity index (χ2n) is 7.28. The van der Waals surface area contributed by atoms with Crippen molar-refractivity contribution >= 4 is 5.91 Å². The smallest absolute Gasteiger partial charge is 0.253 e. The fourth-order valence-electron chi connectivity index (χ4n) is 3.54. The van der Waals surface area contributed by atoms with Crippen LogP contribution in [0.4, 0.5) is 0 Å². The highest BCUT2D eigenvalue weighted by Crippen LogP contribution is 2.28. The number of likely N-dealkylation sites (tertiary alicyclic amines) is 1. The van der Waals surface area contributed by atoms with E-state index in [0.717, 1.165) is 41.6 Å². The van der Waals surface area contributed by atoms with E-state index in [9.17, 15) is 4.79 Å². The molecule has 0 bridgehead atoms. The number of hydrogen-bond donors (Lipinski definition) is 0. The highest BCUT2D eigenvalue weighted by atomic mass is 16.5. The third-order valence-corrected chi connectivity index (χ3v) is 5.07. The Morgan fingerprint density at radius 2 is 1.93 bits per heavy atom. The first-order valence-electron chi connectivity index (χ1n) is 9.37. The van der Waals surface area contributed by atoms with Crippen LogP contribution in [0.3, 0.4) is 0 Å². The maximum Gasteiger partial charge on any atom is 0.253 e. The predicted octanol–water partition coefficient (Wildman–Crippen LogP) is 4.37. The Kier molecular flexibility index (Phi) is 4.75. The van der Waals surface area contributed by atoms with Crippen LogP contribution in [-0.4, -0.2) is 34.0 Å². The van der Waals surface area contributed by atoms with Crippen LogP contribution in [0.15, 0.2) is 53.1 Å². The van der Waals surface area contributed by atoms with Crippen molar-refractivity contribution in [2.75, 3.05) is 13.1 Å². The van der Waals surface area contributed by atoms with Gasteiger partial charge in [-0.25, -0.2) is 0 Å². The lowest BCUT2D eigenvalue weighted by Gasteiger charge is -2.31. The molecule has 0 saturated carbocycles. The second-order valence-corrected chi connectivity index (χ2v) is 7.28. The number of carbonyl (C=O) groups excluding carboxylic acids is 1. The summed E-state index contributed by atoms with van der Waals surface area (Å²) in [6, 6.07) is 15.8. The zero-order valence-electron chi connectivity index (χ0n) is 15.7. The Balaban J connectivity index is 1.50. The number of benzene rings is 2. The Morgan fingerprint density at radius 1 is 1.11 bits per heavy atom. The van der Waals surface area contributed by atoms with Crippen LogP contribution in [0.2, 0.25) is 0 Å². The molecule has 0 N–H and O–H groups in total. The summed E-state index contributed by atoms with van der Waals surface area (Å²) in [5.74, 6) is 1.38. The van der Waals surface area contributed by atoms with Gasteiger partial charge in [0.05, 0.1) is 5.92 Å². The average molecular weight is 361 g/mol. The van der Waals surface area contributed by atoms with Crippen LogP contribution >= 0.6 is 0 Å². The fraction of sp³-hybridized carbons (Fsp3) is 0.318. The van der Waals surface area contributed by atoms with Gasteiger partial charge >= 0.3 is 0 Å². The van der Waals surface area contributed by atoms with E-state index in [-0.39, 0.29) is 11.8 Å². The number of amides is 1. The molecule has 1 unspecified atom stereocenters. The fourth-order valence-corrected chi connectivity index (χ4v) is 3.54. The topological polar surface area (TPSA) is 59.2 Å². The summed E-state index contributed by atoms with van der Waals surface area (Å²) in [4.78, 5) is 19.3. The molecule has 1 aromatic heterocycles. The zero-order valence-corrected chi connectivity index (χ0v) is 15.7. The first-order valence-corrected chi connectivity index (χ1v) is 9.37. The van der Waals surface area contributed by atoms with Crippen molar-refractivity contribution in [2.45, 2.75) is 32.6 Å². The lowest BCUT2D eigenvalue weighted by Crippen LogP contribution is -2.39. The van der Waals surface area contributed by atoms with Gasteiger partial charge in [0.1, 0.15) is 0 Å². The standard InChI is InChI=1S/C22H23N3O2/c1-15-8-10-17(11-9-15)22(26)25-12-4-7-19(14-25)21-23-20(24-27-21)18-6-3-5-16(2)13-18/h3,5-6,8-11,13,19H,4,7,12,14H2,1-2H3. The molecule has 0 spiro atoms. The minimum Gasteiger partial charge on any atom is -0.339 e. The number of hydrogen-bond acceptors (Lipinski definition) is 4. The van der Waals surface area contributed by atoms with E-state index in [0.29, 0.717) is 18.3 Å².